The number of aromatic amines is 1. The summed E-state index contributed by atoms with van der Waals surface area (Å²) in [5, 5.41) is 7.12. The maximum absolute atomic E-state index is 12.1. The van der Waals surface area contributed by atoms with E-state index in [-0.39, 0.29) is 6.03 Å². The van der Waals surface area contributed by atoms with E-state index < -0.39 is 0 Å². The molecular formula is C23H30N4O. The van der Waals surface area contributed by atoms with E-state index in [2.05, 4.69) is 71.7 Å². The quantitative estimate of drug-likeness (QED) is 0.555. The van der Waals surface area contributed by atoms with E-state index in [4.69, 9.17) is 0 Å². The van der Waals surface area contributed by atoms with E-state index in [0.29, 0.717) is 13.1 Å². The predicted molar refractivity (Wildman–Crippen MR) is 115 cm³/mol. The van der Waals surface area contributed by atoms with Gasteiger partial charge in [0.05, 0.1) is 0 Å². The molecule has 0 spiro atoms. The minimum atomic E-state index is -0.133. The number of fused-ring (bicyclic) bond motifs is 1. The highest BCUT2D eigenvalue weighted by Gasteiger charge is 2.06. The van der Waals surface area contributed by atoms with Crippen molar-refractivity contribution in [1.82, 2.24) is 20.5 Å². The molecule has 0 radical (unpaired) electrons. The molecule has 0 fully saturated rings. The van der Waals surface area contributed by atoms with Gasteiger partial charge in [0.2, 0.25) is 0 Å². The van der Waals surface area contributed by atoms with Crippen LogP contribution in [0.5, 0.6) is 0 Å². The first-order valence-electron chi connectivity index (χ1n) is 9.90. The van der Waals surface area contributed by atoms with Crippen molar-refractivity contribution >= 4 is 16.9 Å². The van der Waals surface area contributed by atoms with Crippen LogP contribution in [0, 0.1) is 6.92 Å². The van der Waals surface area contributed by atoms with Gasteiger partial charge in [-0.1, -0.05) is 43.3 Å². The first-order valence-corrected chi connectivity index (χ1v) is 9.90. The van der Waals surface area contributed by atoms with Crippen LogP contribution in [0.1, 0.15) is 29.2 Å². The Morgan fingerprint density at radius 1 is 1.11 bits per heavy atom. The van der Waals surface area contributed by atoms with Crippen molar-refractivity contribution in [3.8, 4) is 0 Å². The maximum atomic E-state index is 12.1. The molecule has 3 N–H and O–H groups in total. The predicted octanol–water partition coefficient (Wildman–Crippen LogP) is 3.97. The number of carbonyl (C=O) groups is 1. The summed E-state index contributed by atoms with van der Waals surface area (Å²) >= 11 is 0. The molecule has 3 aromatic rings. The number of nitrogens with zero attached hydrogens (tertiary/aromatic N) is 1. The van der Waals surface area contributed by atoms with Crippen molar-refractivity contribution in [2.75, 3.05) is 20.1 Å². The van der Waals surface area contributed by atoms with E-state index in [1.807, 2.05) is 18.3 Å². The van der Waals surface area contributed by atoms with Crippen LogP contribution in [0.3, 0.4) is 0 Å². The summed E-state index contributed by atoms with van der Waals surface area (Å²) in [6, 6.07) is 14.6. The number of H-pyrrole nitrogens is 1. The molecule has 5 heteroatoms. The fourth-order valence-electron chi connectivity index (χ4n) is 3.32. The molecule has 0 bridgehead atoms. The number of rotatable bonds is 8. The third-order valence-corrected chi connectivity index (χ3v) is 5.04. The van der Waals surface area contributed by atoms with Crippen LogP contribution in [-0.2, 0) is 19.5 Å². The number of nitrogens with one attached hydrogen (secondary N) is 3. The number of urea groups is 1. The van der Waals surface area contributed by atoms with Gasteiger partial charge in [0.25, 0.3) is 0 Å². The number of hydrogen-bond donors (Lipinski definition) is 3. The molecule has 0 saturated carbocycles. The van der Waals surface area contributed by atoms with Crippen LogP contribution in [-0.4, -0.2) is 36.1 Å². The van der Waals surface area contributed by atoms with Gasteiger partial charge in [0.1, 0.15) is 0 Å². The van der Waals surface area contributed by atoms with E-state index in [9.17, 15) is 4.79 Å². The Labute approximate surface area is 167 Å². The molecule has 3 rings (SSSR count). The van der Waals surface area contributed by atoms with Gasteiger partial charge in [-0.05, 0) is 55.3 Å². The van der Waals surface area contributed by atoms with Crippen LogP contribution in [0.15, 0.2) is 48.7 Å². The van der Waals surface area contributed by atoms with Gasteiger partial charge in [-0.2, -0.15) is 0 Å². The molecular weight excluding hydrogens is 348 g/mol. The van der Waals surface area contributed by atoms with Crippen LogP contribution in [0.4, 0.5) is 4.79 Å². The minimum Gasteiger partial charge on any atom is -0.361 e. The Bertz CT molecular complexity index is 931. The first-order chi connectivity index (χ1) is 13.5. The van der Waals surface area contributed by atoms with E-state index in [1.54, 1.807) is 0 Å². The normalized spacial score (nSPS) is 11.1. The third kappa shape index (κ3) is 5.36. The molecule has 148 valence electrons. The van der Waals surface area contributed by atoms with Gasteiger partial charge in [-0.25, -0.2) is 4.79 Å². The first kappa shape index (κ1) is 20.0. The number of hydrogen-bond acceptors (Lipinski definition) is 2. The maximum Gasteiger partial charge on any atom is 0.315 e. The van der Waals surface area contributed by atoms with Gasteiger partial charge in [0.15, 0.2) is 0 Å². The highest BCUT2D eigenvalue weighted by atomic mass is 16.2. The van der Waals surface area contributed by atoms with Crippen molar-refractivity contribution in [3.05, 3.63) is 70.9 Å². The molecule has 1 aromatic heterocycles. The smallest absolute Gasteiger partial charge is 0.315 e. The van der Waals surface area contributed by atoms with Gasteiger partial charge >= 0.3 is 6.03 Å². The van der Waals surface area contributed by atoms with Crippen molar-refractivity contribution in [2.45, 2.75) is 33.4 Å². The minimum absolute atomic E-state index is 0.133. The zero-order valence-corrected chi connectivity index (χ0v) is 17.0. The lowest BCUT2D eigenvalue weighted by Crippen LogP contribution is -2.36. The molecule has 0 aliphatic heterocycles. The Morgan fingerprint density at radius 3 is 2.75 bits per heavy atom. The van der Waals surface area contributed by atoms with Gasteiger partial charge < -0.3 is 20.5 Å². The van der Waals surface area contributed by atoms with Gasteiger partial charge in [0, 0.05) is 36.7 Å². The summed E-state index contributed by atoms with van der Waals surface area (Å²) in [7, 11) is 2.10. The Hall–Kier alpha value is -2.79. The molecule has 0 saturated heterocycles. The van der Waals surface area contributed by atoms with E-state index in [0.717, 1.165) is 30.6 Å². The second kappa shape index (κ2) is 9.42. The molecule has 0 aliphatic carbocycles. The van der Waals surface area contributed by atoms with Crippen LogP contribution in [0.25, 0.3) is 10.9 Å². The Kier molecular flexibility index (Phi) is 6.71. The number of carbonyl (C=O) groups excluding carboxylic acids is 1. The van der Waals surface area contributed by atoms with Crippen LogP contribution >= 0.6 is 0 Å². The molecule has 5 nitrogen and oxygen atoms in total. The largest absolute Gasteiger partial charge is 0.361 e. The van der Waals surface area contributed by atoms with Crippen molar-refractivity contribution in [1.29, 1.82) is 0 Å². The standard InChI is InChI=1S/C23H30N4O/c1-4-27(3)16-19-7-5-6-18(13-19)14-26-23(28)24-11-10-20-15-25-22-12-17(2)8-9-21(20)22/h5-9,12-13,15,25H,4,10-11,14,16H2,1-3H3,(H2,24,26,28). The number of amides is 2. The van der Waals surface area contributed by atoms with Crippen molar-refractivity contribution in [2.24, 2.45) is 0 Å². The monoisotopic (exact) mass is 378 g/mol. The fraction of sp³-hybridized carbons (Fsp3) is 0.348. The summed E-state index contributed by atoms with van der Waals surface area (Å²) in [5.41, 5.74) is 5.99. The van der Waals surface area contributed by atoms with Crippen molar-refractivity contribution < 1.29 is 4.79 Å². The van der Waals surface area contributed by atoms with Crippen LogP contribution in [0.2, 0.25) is 0 Å². The molecule has 2 amide bonds. The summed E-state index contributed by atoms with van der Waals surface area (Å²) in [4.78, 5) is 17.7. The number of benzene rings is 2. The number of aromatic nitrogens is 1. The molecule has 2 aromatic carbocycles. The van der Waals surface area contributed by atoms with Crippen LogP contribution < -0.4 is 10.6 Å². The lowest BCUT2D eigenvalue weighted by Gasteiger charge is -2.14. The van der Waals surface area contributed by atoms with Gasteiger partial charge in [-0.15, -0.1) is 0 Å². The van der Waals surface area contributed by atoms with Gasteiger partial charge in [-0.3, -0.25) is 0 Å². The summed E-state index contributed by atoms with van der Waals surface area (Å²) in [6.07, 6.45) is 2.83. The molecule has 28 heavy (non-hydrogen) atoms. The number of aryl methyl sites for hydroxylation is 1. The average molecular weight is 379 g/mol. The fourth-order valence-corrected chi connectivity index (χ4v) is 3.32. The second-order valence-corrected chi connectivity index (χ2v) is 7.37. The highest BCUT2D eigenvalue weighted by Crippen LogP contribution is 2.19. The lowest BCUT2D eigenvalue weighted by molar-refractivity contribution is 0.240. The topological polar surface area (TPSA) is 60.2 Å². The zero-order valence-electron chi connectivity index (χ0n) is 17.0. The Balaban J connectivity index is 1.45. The van der Waals surface area contributed by atoms with E-state index in [1.165, 1.54) is 22.1 Å². The molecule has 0 aliphatic rings. The van der Waals surface area contributed by atoms with E-state index >= 15 is 0 Å². The molecule has 0 atom stereocenters. The zero-order chi connectivity index (χ0) is 19.9. The summed E-state index contributed by atoms with van der Waals surface area (Å²) < 4.78 is 0. The highest BCUT2D eigenvalue weighted by molar-refractivity contribution is 5.83. The molecule has 0 unspecified atom stereocenters. The second-order valence-electron chi connectivity index (χ2n) is 7.37. The average Bonchev–Trinajstić information content (AvgIpc) is 3.08. The lowest BCUT2D eigenvalue weighted by atomic mass is 10.1. The Morgan fingerprint density at radius 2 is 1.93 bits per heavy atom. The third-order valence-electron chi connectivity index (χ3n) is 5.04. The molecule has 1 heterocycles. The SMILES string of the molecule is CCN(C)Cc1cccc(CNC(=O)NCCc2c[nH]c3cc(C)ccc23)c1. The summed E-state index contributed by atoms with van der Waals surface area (Å²) in [6.45, 7) is 7.30. The van der Waals surface area contributed by atoms with Crippen molar-refractivity contribution in [3.63, 3.8) is 0 Å². The summed E-state index contributed by atoms with van der Waals surface area (Å²) in [5.74, 6) is 0.